The normalized spacial score (nSPS) is 34.8. The van der Waals surface area contributed by atoms with Crippen LogP contribution in [0.3, 0.4) is 0 Å². The van der Waals surface area contributed by atoms with Gasteiger partial charge >= 0.3 is 0 Å². The van der Waals surface area contributed by atoms with Gasteiger partial charge in [-0.15, -0.1) is 0 Å². The maximum Gasteiger partial charge on any atom is 0.0113 e. The molecule has 2 atom stereocenters. The second kappa shape index (κ2) is 5.28. The highest BCUT2D eigenvalue weighted by Crippen LogP contribution is 2.24. The summed E-state index contributed by atoms with van der Waals surface area (Å²) < 4.78 is 0. The molecule has 1 heterocycles. The van der Waals surface area contributed by atoms with E-state index < -0.39 is 0 Å². The van der Waals surface area contributed by atoms with Gasteiger partial charge in [0.2, 0.25) is 0 Å². The van der Waals surface area contributed by atoms with Crippen molar-refractivity contribution in [3.05, 3.63) is 0 Å². The molecule has 1 aliphatic carbocycles. The summed E-state index contributed by atoms with van der Waals surface area (Å²) in [4.78, 5) is 5.14. The maximum absolute atomic E-state index is 3.59. The van der Waals surface area contributed by atoms with Crippen molar-refractivity contribution in [2.24, 2.45) is 0 Å². The van der Waals surface area contributed by atoms with E-state index in [4.69, 9.17) is 0 Å². The molecule has 0 aromatic heterocycles. The number of nitrogens with one attached hydrogen (secondary N) is 1. The number of hydrogen-bond donors (Lipinski definition) is 1. The first-order valence-corrected chi connectivity index (χ1v) is 6.45. The second-order valence-corrected chi connectivity index (χ2v) is 5.06. The Bertz CT molecular complexity index is 187. The highest BCUT2D eigenvalue weighted by Gasteiger charge is 2.29. The summed E-state index contributed by atoms with van der Waals surface area (Å²) in [6.07, 6.45) is 4.16. The van der Waals surface area contributed by atoms with Crippen LogP contribution < -0.4 is 5.32 Å². The average molecular weight is 211 g/mol. The molecule has 1 saturated carbocycles. The molecule has 88 valence electrons. The summed E-state index contributed by atoms with van der Waals surface area (Å²) in [5.41, 5.74) is 0. The van der Waals surface area contributed by atoms with Crippen molar-refractivity contribution in [1.82, 2.24) is 15.1 Å². The van der Waals surface area contributed by atoms with Crippen LogP contribution in [-0.2, 0) is 0 Å². The Kier molecular flexibility index (Phi) is 4.00. The van der Waals surface area contributed by atoms with Gasteiger partial charge in [-0.2, -0.15) is 0 Å². The van der Waals surface area contributed by atoms with Crippen LogP contribution in [0.25, 0.3) is 0 Å². The van der Waals surface area contributed by atoms with Gasteiger partial charge in [0.15, 0.2) is 0 Å². The Morgan fingerprint density at radius 1 is 1.13 bits per heavy atom. The SMILES string of the molecule is CCN[C@@H]1CC[C@@H](N2CCN(C)CC2)C1. The zero-order valence-corrected chi connectivity index (χ0v) is 10.2. The minimum absolute atomic E-state index is 0.791. The van der Waals surface area contributed by atoms with Gasteiger partial charge in [0.25, 0.3) is 0 Å². The van der Waals surface area contributed by atoms with E-state index in [9.17, 15) is 0 Å². The monoisotopic (exact) mass is 211 g/mol. The van der Waals surface area contributed by atoms with Crippen LogP contribution in [0.2, 0.25) is 0 Å². The summed E-state index contributed by atoms with van der Waals surface area (Å²) in [5.74, 6) is 0. The van der Waals surface area contributed by atoms with E-state index in [1.54, 1.807) is 0 Å². The fraction of sp³-hybridized carbons (Fsp3) is 1.00. The second-order valence-electron chi connectivity index (χ2n) is 5.06. The molecule has 3 heteroatoms. The smallest absolute Gasteiger partial charge is 0.0113 e. The van der Waals surface area contributed by atoms with Crippen molar-refractivity contribution in [2.75, 3.05) is 39.8 Å². The van der Waals surface area contributed by atoms with E-state index in [0.717, 1.165) is 18.6 Å². The van der Waals surface area contributed by atoms with Crippen LogP contribution in [0.15, 0.2) is 0 Å². The average Bonchev–Trinajstić information content (AvgIpc) is 2.68. The third-order valence-electron chi connectivity index (χ3n) is 3.95. The van der Waals surface area contributed by atoms with Gasteiger partial charge in [-0.05, 0) is 32.9 Å². The zero-order valence-electron chi connectivity index (χ0n) is 10.2. The minimum Gasteiger partial charge on any atom is -0.314 e. The third-order valence-corrected chi connectivity index (χ3v) is 3.95. The summed E-state index contributed by atoms with van der Waals surface area (Å²) in [7, 11) is 2.23. The molecule has 3 nitrogen and oxygen atoms in total. The van der Waals surface area contributed by atoms with Gasteiger partial charge < -0.3 is 10.2 Å². The molecule has 0 radical (unpaired) electrons. The molecule has 0 spiro atoms. The van der Waals surface area contributed by atoms with E-state index in [2.05, 4.69) is 29.1 Å². The Labute approximate surface area is 93.8 Å². The lowest BCUT2D eigenvalue weighted by molar-refractivity contribution is 0.112. The van der Waals surface area contributed by atoms with Crippen LogP contribution in [-0.4, -0.2) is 61.7 Å². The topological polar surface area (TPSA) is 18.5 Å². The van der Waals surface area contributed by atoms with Crippen LogP contribution in [0.5, 0.6) is 0 Å². The molecule has 0 unspecified atom stereocenters. The maximum atomic E-state index is 3.59. The molecule has 1 N–H and O–H groups in total. The first-order chi connectivity index (χ1) is 7.29. The predicted octanol–water partition coefficient (Wildman–Crippen LogP) is 0.764. The minimum atomic E-state index is 0.791. The van der Waals surface area contributed by atoms with Crippen LogP contribution in [0.4, 0.5) is 0 Å². The summed E-state index contributed by atoms with van der Waals surface area (Å²) in [6, 6.07) is 1.66. The molecule has 0 amide bonds. The molecule has 0 aromatic carbocycles. The highest BCUT2D eigenvalue weighted by molar-refractivity contribution is 4.88. The summed E-state index contributed by atoms with van der Waals surface area (Å²) >= 11 is 0. The van der Waals surface area contributed by atoms with Gasteiger partial charge in [-0.25, -0.2) is 0 Å². The van der Waals surface area contributed by atoms with Crippen molar-refractivity contribution < 1.29 is 0 Å². The molecule has 0 bridgehead atoms. The van der Waals surface area contributed by atoms with E-state index in [-0.39, 0.29) is 0 Å². The highest BCUT2D eigenvalue weighted by atomic mass is 15.3. The van der Waals surface area contributed by atoms with Gasteiger partial charge in [-0.3, -0.25) is 4.90 Å². The molecule has 1 aliphatic heterocycles. The lowest BCUT2D eigenvalue weighted by Gasteiger charge is -2.36. The van der Waals surface area contributed by atoms with Gasteiger partial charge in [-0.1, -0.05) is 6.92 Å². The van der Waals surface area contributed by atoms with E-state index >= 15 is 0 Å². The van der Waals surface area contributed by atoms with Gasteiger partial charge in [0.1, 0.15) is 0 Å². The summed E-state index contributed by atoms with van der Waals surface area (Å²) in [5, 5.41) is 3.59. The van der Waals surface area contributed by atoms with Crippen molar-refractivity contribution in [3.63, 3.8) is 0 Å². The Hall–Kier alpha value is -0.120. The van der Waals surface area contributed by atoms with Crippen molar-refractivity contribution in [2.45, 2.75) is 38.3 Å². The molecule has 2 aliphatic rings. The number of likely N-dealkylation sites (N-methyl/N-ethyl adjacent to an activating group) is 1. The standard InChI is InChI=1S/C12H25N3/c1-3-13-11-4-5-12(10-11)15-8-6-14(2)7-9-15/h11-13H,3-10H2,1-2H3/t11-,12-/m1/s1. The number of nitrogens with zero attached hydrogens (tertiary/aromatic N) is 2. The molecular weight excluding hydrogens is 186 g/mol. The molecule has 0 aromatic rings. The quantitative estimate of drug-likeness (QED) is 0.744. The first-order valence-electron chi connectivity index (χ1n) is 6.45. The molecule has 2 rings (SSSR count). The van der Waals surface area contributed by atoms with E-state index in [1.165, 1.54) is 45.4 Å². The van der Waals surface area contributed by atoms with Crippen LogP contribution in [0.1, 0.15) is 26.2 Å². The number of hydrogen-bond acceptors (Lipinski definition) is 3. The molecule has 15 heavy (non-hydrogen) atoms. The fourth-order valence-corrected chi connectivity index (χ4v) is 2.95. The summed E-state index contributed by atoms with van der Waals surface area (Å²) in [6.45, 7) is 8.40. The van der Waals surface area contributed by atoms with E-state index in [1.807, 2.05) is 0 Å². The third kappa shape index (κ3) is 2.92. The molecule has 1 saturated heterocycles. The van der Waals surface area contributed by atoms with Crippen molar-refractivity contribution in [3.8, 4) is 0 Å². The van der Waals surface area contributed by atoms with Gasteiger partial charge in [0.05, 0.1) is 0 Å². The fourth-order valence-electron chi connectivity index (χ4n) is 2.95. The molecular formula is C12H25N3. The predicted molar refractivity (Wildman–Crippen MR) is 64.2 cm³/mol. The molecule has 2 fully saturated rings. The number of piperazine rings is 1. The number of rotatable bonds is 3. The van der Waals surface area contributed by atoms with Crippen LogP contribution in [0, 0.1) is 0 Å². The Morgan fingerprint density at radius 2 is 1.87 bits per heavy atom. The lowest BCUT2D eigenvalue weighted by Crippen LogP contribution is -2.48. The first kappa shape index (κ1) is 11.4. The van der Waals surface area contributed by atoms with Crippen molar-refractivity contribution in [1.29, 1.82) is 0 Å². The van der Waals surface area contributed by atoms with Crippen LogP contribution >= 0.6 is 0 Å². The van der Waals surface area contributed by atoms with E-state index in [0.29, 0.717) is 0 Å². The zero-order chi connectivity index (χ0) is 10.7. The largest absolute Gasteiger partial charge is 0.314 e. The lowest BCUT2D eigenvalue weighted by atomic mass is 10.1. The Morgan fingerprint density at radius 3 is 2.53 bits per heavy atom. The van der Waals surface area contributed by atoms with Crippen molar-refractivity contribution >= 4 is 0 Å². The Balaban J connectivity index is 1.75. The van der Waals surface area contributed by atoms with Gasteiger partial charge in [0, 0.05) is 38.3 Å².